The lowest BCUT2D eigenvalue weighted by molar-refractivity contribution is -0.141. The van der Waals surface area contributed by atoms with Crippen LogP contribution in [0.3, 0.4) is 0 Å². The van der Waals surface area contributed by atoms with Crippen LogP contribution in [-0.2, 0) is 19.1 Å². The number of amides is 3. The van der Waals surface area contributed by atoms with E-state index in [1.807, 2.05) is 25.8 Å². The summed E-state index contributed by atoms with van der Waals surface area (Å²) in [5, 5.41) is 10.1. The molecule has 11 heteroatoms. The third-order valence-electron chi connectivity index (χ3n) is 5.88. The Morgan fingerprint density at radius 3 is 2.31 bits per heavy atom. The van der Waals surface area contributed by atoms with Crippen molar-refractivity contribution in [1.29, 1.82) is 0 Å². The van der Waals surface area contributed by atoms with Crippen molar-refractivity contribution in [3.8, 4) is 0 Å². The van der Waals surface area contributed by atoms with E-state index >= 15 is 0 Å². The highest BCUT2D eigenvalue weighted by Crippen LogP contribution is 2.27. The summed E-state index contributed by atoms with van der Waals surface area (Å²) in [7, 11) is 1.87. The van der Waals surface area contributed by atoms with Gasteiger partial charge in [0.2, 0.25) is 11.7 Å². The molecule has 0 spiro atoms. The highest BCUT2D eigenvalue weighted by molar-refractivity contribution is 8.14. The molecule has 0 bridgehead atoms. The highest BCUT2D eigenvalue weighted by atomic mass is 32.2. The second kappa shape index (κ2) is 13.1. The number of rotatable bonds is 9. The molecule has 198 valence electrons. The topological polar surface area (TPSA) is 129 Å². The van der Waals surface area contributed by atoms with Gasteiger partial charge < -0.3 is 20.3 Å². The van der Waals surface area contributed by atoms with E-state index in [1.165, 1.54) is 11.8 Å². The molecule has 2 rings (SSSR count). The quantitative estimate of drug-likeness (QED) is 0.321. The van der Waals surface area contributed by atoms with E-state index in [9.17, 15) is 19.2 Å². The Hall–Kier alpha value is -2.30. The van der Waals surface area contributed by atoms with Gasteiger partial charge in [-0.05, 0) is 51.9 Å². The van der Waals surface area contributed by atoms with Gasteiger partial charge in [0, 0.05) is 19.3 Å². The number of hydrazone groups is 1. The van der Waals surface area contributed by atoms with Gasteiger partial charge in [0.05, 0.1) is 0 Å². The van der Waals surface area contributed by atoms with E-state index in [0.29, 0.717) is 11.6 Å². The number of thioether (sulfide) groups is 1. The lowest BCUT2D eigenvalue weighted by atomic mass is 9.82. The number of ether oxygens (including phenoxy) is 1. The summed E-state index contributed by atoms with van der Waals surface area (Å²) < 4.78 is 5.31. The summed E-state index contributed by atoms with van der Waals surface area (Å²) in [6.45, 7) is 9.91. The van der Waals surface area contributed by atoms with Crippen molar-refractivity contribution >= 4 is 40.6 Å². The summed E-state index contributed by atoms with van der Waals surface area (Å²) in [5.74, 6) is -1.26. The molecule has 1 saturated carbocycles. The second-order valence-electron chi connectivity index (χ2n) is 10.7. The maximum Gasteiger partial charge on any atom is 0.408 e. The van der Waals surface area contributed by atoms with Gasteiger partial charge in [0.25, 0.3) is 0 Å². The van der Waals surface area contributed by atoms with Crippen LogP contribution < -0.4 is 16.1 Å². The second-order valence-corrected chi connectivity index (χ2v) is 11.7. The zero-order chi connectivity index (χ0) is 26.2. The average Bonchev–Trinajstić information content (AvgIpc) is 3.18. The van der Waals surface area contributed by atoms with Crippen molar-refractivity contribution in [3.63, 3.8) is 0 Å². The first-order valence-corrected chi connectivity index (χ1v) is 13.4. The van der Waals surface area contributed by atoms with Crippen molar-refractivity contribution in [2.75, 3.05) is 19.3 Å². The van der Waals surface area contributed by atoms with Crippen LogP contribution in [0.25, 0.3) is 0 Å². The number of ketones is 1. The third-order valence-corrected chi connectivity index (χ3v) is 6.93. The highest BCUT2D eigenvalue weighted by Gasteiger charge is 2.37. The van der Waals surface area contributed by atoms with E-state index in [1.54, 1.807) is 20.8 Å². The summed E-state index contributed by atoms with van der Waals surface area (Å²) in [4.78, 5) is 53.4. The molecule has 1 unspecified atom stereocenters. The predicted molar refractivity (Wildman–Crippen MR) is 137 cm³/mol. The van der Waals surface area contributed by atoms with Crippen LogP contribution in [0.15, 0.2) is 5.10 Å². The molecule has 1 aliphatic heterocycles. The van der Waals surface area contributed by atoms with Crippen molar-refractivity contribution in [2.45, 2.75) is 90.8 Å². The lowest BCUT2D eigenvalue weighted by Gasteiger charge is -2.31. The number of hydrogen-bond donors (Lipinski definition) is 3. The molecule has 0 aromatic heterocycles. The first-order valence-electron chi connectivity index (χ1n) is 12.4. The van der Waals surface area contributed by atoms with Gasteiger partial charge in [-0.25, -0.2) is 10.2 Å². The van der Waals surface area contributed by atoms with Crippen LogP contribution in [0.4, 0.5) is 4.79 Å². The molecule has 0 radical (unpaired) electrons. The van der Waals surface area contributed by atoms with Gasteiger partial charge in [-0.2, -0.15) is 0 Å². The first kappa shape index (κ1) is 28.9. The number of amidine groups is 1. The number of hydrogen-bond acceptors (Lipinski definition) is 7. The minimum absolute atomic E-state index is 0.101. The van der Waals surface area contributed by atoms with Crippen LogP contribution in [-0.4, -0.2) is 70.8 Å². The van der Waals surface area contributed by atoms with Crippen LogP contribution in [0.1, 0.15) is 73.1 Å². The molecular formula is C24H41N5O5S. The first-order chi connectivity index (χ1) is 16.4. The van der Waals surface area contributed by atoms with Crippen LogP contribution in [0.5, 0.6) is 0 Å². The van der Waals surface area contributed by atoms with Crippen molar-refractivity contribution in [1.82, 2.24) is 21.0 Å². The number of Topliss-reactive ketones (excluding diaryl/α,β-unsaturated/α-hetero) is 1. The van der Waals surface area contributed by atoms with Gasteiger partial charge in [-0.15, -0.1) is 5.10 Å². The molecule has 2 aliphatic rings. The zero-order valence-corrected chi connectivity index (χ0v) is 22.6. The Morgan fingerprint density at radius 2 is 1.77 bits per heavy atom. The fraction of sp³-hybridized carbons (Fsp3) is 0.792. The molecule has 2 atom stereocenters. The molecule has 3 amide bonds. The Kier molecular flexibility index (Phi) is 10.9. The average molecular weight is 512 g/mol. The smallest absolute Gasteiger partial charge is 0.408 e. The third kappa shape index (κ3) is 9.70. The Balaban J connectivity index is 2.15. The summed E-state index contributed by atoms with van der Waals surface area (Å²) in [6.07, 6.45) is 4.07. The summed E-state index contributed by atoms with van der Waals surface area (Å²) in [6, 6.07) is -1.87. The Bertz CT molecular complexity index is 805. The molecule has 1 heterocycles. The molecule has 10 nitrogen and oxygen atoms in total. The van der Waals surface area contributed by atoms with Gasteiger partial charge in [0.15, 0.2) is 5.17 Å². The Labute approximate surface area is 212 Å². The molecule has 35 heavy (non-hydrogen) atoms. The maximum absolute atomic E-state index is 13.3. The van der Waals surface area contributed by atoms with Crippen molar-refractivity contribution < 1.29 is 23.9 Å². The van der Waals surface area contributed by atoms with E-state index in [2.05, 4.69) is 21.2 Å². The molecule has 3 N–H and O–H groups in total. The maximum atomic E-state index is 13.3. The van der Waals surface area contributed by atoms with Gasteiger partial charge in [0.1, 0.15) is 17.7 Å². The SMILES string of the molecule is CC(C)C[C@H](NC(=O)OC(C)(C)C)C(=O)NC(C(=O)C(=O)NN=C1SCCN1C)C1CCCCC1. The molecule has 1 aliphatic carbocycles. The van der Waals surface area contributed by atoms with E-state index in [4.69, 9.17) is 4.74 Å². The van der Waals surface area contributed by atoms with Gasteiger partial charge in [-0.3, -0.25) is 14.4 Å². The summed E-state index contributed by atoms with van der Waals surface area (Å²) in [5.41, 5.74) is 1.65. The fourth-order valence-electron chi connectivity index (χ4n) is 4.16. The number of nitrogens with one attached hydrogen (secondary N) is 3. The van der Waals surface area contributed by atoms with E-state index in [0.717, 1.165) is 44.4 Å². The lowest BCUT2D eigenvalue weighted by Crippen LogP contribution is -2.56. The molecule has 2 fully saturated rings. The van der Waals surface area contributed by atoms with E-state index in [-0.39, 0.29) is 11.8 Å². The monoisotopic (exact) mass is 511 g/mol. The molecular weight excluding hydrogens is 470 g/mol. The number of alkyl carbamates (subject to hydrolysis) is 1. The minimum atomic E-state index is -0.980. The number of carbonyl (C=O) groups is 4. The summed E-state index contributed by atoms with van der Waals surface area (Å²) >= 11 is 1.50. The number of carbonyl (C=O) groups excluding carboxylic acids is 4. The van der Waals surface area contributed by atoms with Gasteiger partial charge in [-0.1, -0.05) is 44.9 Å². The molecule has 0 aromatic rings. The standard InChI is InChI=1S/C24H41N5O5S/c1-15(2)14-17(25-23(33)34-24(3,4)5)20(31)26-18(16-10-8-7-9-11-16)19(30)21(32)27-28-22-29(6)12-13-35-22/h15-18H,7-14H2,1-6H3,(H,25,33)(H,26,31)(H,27,32)/t17-,18?/m0/s1. The predicted octanol–water partition coefficient (Wildman–Crippen LogP) is 2.63. The van der Waals surface area contributed by atoms with Crippen LogP contribution >= 0.6 is 11.8 Å². The largest absolute Gasteiger partial charge is 0.444 e. The Morgan fingerprint density at radius 1 is 1.11 bits per heavy atom. The fourth-order valence-corrected chi connectivity index (χ4v) is 5.13. The van der Waals surface area contributed by atoms with Crippen LogP contribution in [0.2, 0.25) is 0 Å². The number of nitrogens with zero attached hydrogens (tertiary/aromatic N) is 2. The normalized spacial score (nSPS) is 19.9. The van der Waals surface area contributed by atoms with Crippen molar-refractivity contribution in [2.24, 2.45) is 16.9 Å². The van der Waals surface area contributed by atoms with Gasteiger partial charge >= 0.3 is 12.0 Å². The molecule has 0 aromatic carbocycles. The zero-order valence-electron chi connectivity index (χ0n) is 21.8. The van der Waals surface area contributed by atoms with E-state index < -0.39 is 41.4 Å². The molecule has 1 saturated heterocycles. The van der Waals surface area contributed by atoms with Crippen LogP contribution in [0, 0.1) is 11.8 Å². The minimum Gasteiger partial charge on any atom is -0.444 e. The van der Waals surface area contributed by atoms with Crippen molar-refractivity contribution in [3.05, 3.63) is 0 Å².